The molecular weight excluding hydrogens is 389 g/mol. The standard InChI is InChI=1S/C8H19O3P.Ca.H3O4P.O3P/c1-2-3-4-5-6-7-8-12(9,10)11;;1-5(2,3)4;1-4(2)3/h2-8H2,1H3,(H2,9,10,11);;(H3,1,2,3,4);/q;+2;;-3/p-5. The summed E-state index contributed by atoms with van der Waals surface area (Å²) in [5.41, 5.74) is 0. The van der Waals surface area contributed by atoms with Gasteiger partial charge in [-0.15, -0.1) is 0 Å². The fourth-order valence-corrected chi connectivity index (χ4v) is 1.70. The molecule has 0 unspecified atom stereocenters. The summed E-state index contributed by atoms with van der Waals surface area (Å²) in [6.45, 7) is 2.13. The molecule has 0 saturated carbocycles. The second-order valence-corrected chi connectivity index (χ2v) is 6.78. The number of phosphoric acid groups is 1. The van der Waals surface area contributed by atoms with Gasteiger partial charge < -0.3 is 56.9 Å². The Balaban J connectivity index is -0.000000135. The molecule has 0 aliphatic heterocycles. The molecule has 22 heavy (non-hydrogen) atoms. The largest absolute Gasteiger partial charge is 2.00 e. The van der Waals surface area contributed by atoms with E-state index in [1.165, 1.54) is 12.8 Å². The van der Waals surface area contributed by atoms with E-state index >= 15 is 0 Å². The summed E-state index contributed by atoms with van der Waals surface area (Å²) < 4.78 is 18.7. The Labute approximate surface area is 161 Å². The van der Waals surface area contributed by atoms with Crippen LogP contribution in [0, 0.1) is 0 Å². The van der Waals surface area contributed by atoms with Crippen LogP contribution < -0.4 is 39.1 Å². The van der Waals surface area contributed by atoms with E-state index in [1.54, 1.807) is 0 Å². The molecule has 0 heterocycles. The van der Waals surface area contributed by atoms with E-state index in [1.807, 2.05) is 0 Å². The first kappa shape index (κ1) is 31.6. The van der Waals surface area contributed by atoms with Gasteiger partial charge in [0.05, 0.1) is 0 Å². The number of hydrogen-bond donors (Lipinski definition) is 0. The van der Waals surface area contributed by atoms with E-state index in [0.717, 1.165) is 19.3 Å². The van der Waals surface area contributed by atoms with Gasteiger partial charge in [0, 0.05) is 0 Å². The molecule has 0 aliphatic carbocycles. The summed E-state index contributed by atoms with van der Waals surface area (Å²) in [7, 11) is -13.0. The molecule has 14 heteroatoms. The minimum Gasteiger partial charge on any atom is -0.854 e. The van der Waals surface area contributed by atoms with Crippen LogP contribution in [-0.4, -0.2) is 43.9 Å². The van der Waals surface area contributed by atoms with E-state index in [9.17, 15) is 14.4 Å². The zero-order chi connectivity index (χ0) is 17.5. The van der Waals surface area contributed by atoms with Crippen molar-refractivity contribution < 1.29 is 48.3 Å². The van der Waals surface area contributed by atoms with Crippen LogP contribution in [0.25, 0.3) is 0 Å². The predicted octanol–water partition coefficient (Wildman–Crippen LogP) is -4.65. The van der Waals surface area contributed by atoms with Crippen molar-refractivity contribution in [3.05, 3.63) is 0 Å². The smallest absolute Gasteiger partial charge is 0.854 e. The molecule has 0 radical (unpaired) electrons. The van der Waals surface area contributed by atoms with Crippen molar-refractivity contribution >= 4 is 61.8 Å². The van der Waals surface area contributed by atoms with Gasteiger partial charge in [0.1, 0.15) is 0 Å². The molecule has 0 aromatic rings. The van der Waals surface area contributed by atoms with Gasteiger partial charge in [0.25, 0.3) is 0 Å². The average molecular weight is 406 g/mol. The van der Waals surface area contributed by atoms with E-state index < -0.39 is 24.0 Å². The van der Waals surface area contributed by atoms with Gasteiger partial charge in [-0.05, 0) is 12.6 Å². The Morgan fingerprint density at radius 1 is 0.773 bits per heavy atom. The molecule has 0 rings (SSSR count). The molecule has 0 atom stereocenters. The van der Waals surface area contributed by atoms with Crippen molar-refractivity contribution in [2.45, 2.75) is 45.4 Å². The fraction of sp³-hybridized carbons (Fsp3) is 1.00. The van der Waals surface area contributed by atoms with Gasteiger partial charge >= 0.3 is 37.7 Å². The molecule has 0 aliphatic rings. The maximum absolute atomic E-state index is 10.2. The van der Waals surface area contributed by atoms with Gasteiger partial charge in [-0.3, -0.25) is 0 Å². The third kappa shape index (κ3) is 80.8. The zero-order valence-electron chi connectivity index (χ0n) is 12.1. The first-order chi connectivity index (χ1) is 9.29. The van der Waals surface area contributed by atoms with Crippen molar-refractivity contribution in [1.29, 1.82) is 0 Å². The Morgan fingerprint density at radius 2 is 1.05 bits per heavy atom. The van der Waals surface area contributed by atoms with Crippen LogP contribution in [0.2, 0.25) is 0 Å². The molecule has 10 nitrogen and oxygen atoms in total. The van der Waals surface area contributed by atoms with Crippen LogP contribution in [0.15, 0.2) is 0 Å². The third-order valence-corrected chi connectivity index (χ3v) is 2.65. The van der Waals surface area contributed by atoms with Gasteiger partial charge in [0.2, 0.25) is 0 Å². The summed E-state index contributed by atoms with van der Waals surface area (Å²) in [5.74, 6) is 0. The van der Waals surface area contributed by atoms with Crippen LogP contribution in [0.4, 0.5) is 0 Å². The molecular formula is C8H17CaO10P3-6. The maximum Gasteiger partial charge on any atom is 2.00 e. The fourth-order valence-electron chi connectivity index (χ4n) is 1.09. The molecule has 132 valence electrons. The van der Waals surface area contributed by atoms with E-state index in [-0.39, 0.29) is 43.9 Å². The Hall–Kier alpha value is 1.83. The summed E-state index contributed by atoms with van der Waals surface area (Å²) in [4.78, 5) is 71.5. The number of rotatable bonds is 7. The summed E-state index contributed by atoms with van der Waals surface area (Å²) in [6, 6.07) is 0. The summed E-state index contributed by atoms with van der Waals surface area (Å²) in [5, 5.41) is 0. The van der Waals surface area contributed by atoms with Crippen molar-refractivity contribution in [3.8, 4) is 0 Å². The average Bonchev–Trinajstić information content (AvgIpc) is 2.18. The van der Waals surface area contributed by atoms with Crippen molar-refractivity contribution in [1.82, 2.24) is 0 Å². The monoisotopic (exact) mass is 406 g/mol. The number of unbranched alkanes of at least 4 members (excludes halogenated alkanes) is 5. The minimum atomic E-state index is -5.39. The molecule has 0 N–H and O–H groups in total. The number of hydrogen-bond acceptors (Lipinski definition) is 10. The molecule has 0 fully saturated rings. The topological polar surface area (TPSA) is 219 Å². The van der Waals surface area contributed by atoms with Crippen molar-refractivity contribution in [2.75, 3.05) is 6.16 Å². The summed E-state index contributed by atoms with van der Waals surface area (Å²) >= 11 is 0. The second kappa shape index (κ2) is 19.2. The first-order valence-corrected chi connectivity index (χ1v) is 10.1. The maximum atomic E-state index is 10.2. The van der Waals surface area contributed by atoms with Crippen molar-refractivity contribution in [3.63, 3.8) is 0 Å². The van der Waals surface area contributed by atoms with Crippen LogP contribution in [0.5, 0.6) is 0 Å². The van der Waals surface area contributed by atoms with Gasteiger partial charge in [0.15, 0.2) is 0 Å². The first-order valence-electron chi connectivity index (χ1n) is 5.85. The normalized spacial score (nSPS) is 10.8. The van der Waals surface area contributed by atoms with Gasteiger partial charge in [-0.25, -0.2) is 0 Å². The van der Waals surface area contributed by atoms with Crippen molar-refractivity contribution in [2.24, 2.45) is 0 Å². The Kier molecular flexibility index (Phi) is 27.5. The van der Waals surface area contributed by atoms with E-state index in [4.69, 9.17) is 33.9 Å². The van der Waals surface area contributed by atoms with Crippen LogP contribution in [0.3, 0.4) is 0 Å². The Morgan fingerprint density at radius 3 is 1.32 bits per heavy atom. The van der Waals surface area contributed by atoms with E-state index in [2.05, 4.69) is 6.92 Å². The van der Waals surface area contributed by atoms with Crippen LogP contribution >= 0.6 is 24.0 Å². The Bertz CT molecular complexity index is 294. The molecule has 0 amide bonds. The minimum absolute atomic E-state index is 0. The van der Waals surface area contributed by atoms with Crippen LogP contribution in [0.1, 0.15) is 45.4 Å². The summed E-state index contributed by atoms with van der Waals surface area (Å²) in [6.07, 6.45) is 5.82. The van der Waals surface area contributed by atoms with Crippen LogP contribution in [-0.2, 0) is 9.13 Å². The molecule has 0 aromatic carbocycles. The zero-order valence-corrected chi connectivity index (χ0v) is 17.0. The molecule has 0 bridgehead atoms. The SMILES string of the molecule is CCCCCCCCP(=O)([O-])[O-].O=P([O-])([O-])[O-].[Ca+2].[O-]P([O-])[O-]. The second-order valence-electron chi connectivity index (χ2n) is 3.77. The quantitative estimate of drug-likeness (QED) is 0.223. The van der Waals surface area contributed by atoms with E-state index in [0.29, 0.717) is 6.42 Å². The van der Waals surface area contributed by atoms with Gasteiger partial charge in [-0.1, -0.05) is 46.6 Å². The van der Waals surface area contributed by atoms with Gasteiger partial charge in [-0.2, -0.15) is 7.82 Å². The molecule has 0 saturated heterocycles. The predicted molar refractivity (Wildman–Crippen MR) is 66.1 cm³/mol. The third-order valence-electron chi connectivity index (χ3n) is 1.79. The molecule has 0 aromatic heterocycles. The molecule has 0 spiro atoms.